The molecule has 0 amide bonds. The summed E-state index contributed by atoms with van der Waals surface area (Å²) in [6.07, 6.45) is 5.80. The van der Waals surface area contributed by atoms with Crippen LogP contribution in [-0.4, -0.2) is 36.7 Å². The number of aromatic nitrogens is 4. The second-order valence-corrected chi connectivity index (χ2v) is 7.60. The van der Waals surface area contributed by atoms with Gasteiger partial charge in [-0.15, -0.1) is 0 Å². The number of anilines is 3. The Kier molecular flexibility index (Phi) is 5.39. The maximum Gasteiger partial charge on any atom is 0.227 e. The number of phenolic OH excluding ortho intramolecular Hbond substituents is 1. The third kappa shape index (κ3) is 4.19. The average molecular weight is 396 g/mol. The molecule has 1 saturated carbocycles. The Morgan fingerprint density at radius 3 is 2.76 bits per heavy atom. The highest BCUT2D eigenvalue weighted by molar-refractivity contribution is 5.84. The van der Waals surface area contributed by atoms with Crippen LogP contribution in [0.2, 0.25) is 0 Å². The number of hydrogen-bond donors (Lipinski definition) is 5. The van der Waals surface area contributed by atoms with E-state index in [1.54, 1.807) is 24.5 Å². The number of phenols is 1. The number of nitrogen functional groups attached to an aromatic ring is 1. The molecule has 154 valence electrons. The standard InChI is InChI=1S/C20H28N8O/c1-2-28-11-24-17-18(23-10-12-9-14(22)5-8-16(12)29)26-20(27-19(17)28)25-15-6-3-13(21)4-7-15/h5,8-9,11,13,15,29H,2-4,6-7,10,21-22H2,1H3,(H2,23,25,26,27). The minimum atomic E-state index is 0.188. The number of benzene rings is 1. The van der Waals surface area contributed by atoms with E-state index in [4.69, 9.17) is 16.5 Å². The fourth-order valence-corrected chi connectivity index (χ4v) is 3.74. The first-order valence-electron chi connectivity index (χ1n) is 10.1. The molecule has 1 aliphatic rings. The zero-order valence-corrected chi connectivity index (χ0v) is 16.6. The van der Waals surface area contributed by atoms with Gasteiger partial charge < -0.3 is 31.8 Å². The Morgan fingerprint density at radius 2 is 2.00 bits per heavy atom. The monoisotopic (exact) mass is 396 g/mol. The molecule has 0 spiro atoms. The molecule has 0 aliphatic heterocycles. The summed E-state index contributed by atoms with van der Waals surface area (Å²) in [6, 6.07) is 5.62. The lowest BCUT2D eigenvalue weighted by Gasteiger charge is -2.26. The average Bonchev–Trinajstić information content (AvgIpc) is 3.13. The minimum absolute atomic E-state index is 0.188. The number of nitrogens with two attached hydrogens (primary N) is 2. The molecule has 1 aliphatic carbocycles. The molecular formula is C20H28N8O. The minimum Gasteiger partial charge on any atom is -0.508 e. The van der Waals surface area contributed by atoms with Gasteiger partial charge in [-0.2, -0.15) is 9.97 Å². The number of imidazole rings is 1. The summed E-state index contributed by atoms with van der Waals surface area (Å²) in [7, 11) is 0. The van der Waals surface area contributed by atoms with Crippen LogP contribution in [0.4, 0.5) is 17.5 Å². The van der Waals surface area contributed by atoms with E-state index >= 15 is 0 Å². The SMILES string of the molecule is CCn1cnc2c(NCc3cc(N)ccc3O)nc(NC3CCC(N)CC3)nc21. The summed E-state index contributed by atoms with van der Waals surface area (Å²) < 4.78 is 1.99. The van der Waals surface area contributed by atoms with Gasteiger partial charge in [-0.05, 0) is 50.8 Å². The van der Waals surface area contributed by atoms with Crippen molar-refractivity contribution in [2.45, 2.75) is 57.8 Å². The summed E-state index contributed by atoms with van der Waals surface area (Å²) in [5, 5.41) is 16.8. The third-order valence-electron chi connectivity index (χ3n) is 5.46. The number of aromatic hydroxyl groups is 1. The van der Waals surface area contributed by atoms with Gasteiger partial charge in [0.05, 0.1) is 6.33 Å². The molecular weight excluding hydrogens is 368 g/mol. The Morgan fingerprint density at radius 1 is 1.21 bits per heavy atom. The van der Waals surface area contributed by atoms with Gasteiger partial charge >= 0.3 is 0 Å². The van der Waals surface area contributed by atoms with E-state index < -0.39 is 0 Å². The zero-order valence-electron chi connectivity index (χ0n) is 16.6. The molecule has 4 rings (SSSR count). The predicted octanol–water partition coefficient (Wildman–Crippen LogP) is 2.43. The molecule has 1 aromatic carbocycles. The second kappa shape index (κ2) is 8.12. The van der Waals surface area contributed by atoms with Crippen LogP contribution >= 0.6 is 0 Å². The summed E-state index contributed by atoms with van der Waals surface area (Å²) in [5.74, 6) is 1.39. The predicted molar refractivity (Wildman–Crippen MR) is 115 cm³/mol. The summed E-state index contributed by atoms with van der Waals surface area (Å²) >= 11 is 0. The number of fused-ring (bicyclic) bond motifs is 1. The van der Waals surface area contributed by atoms with Gasteiger partial charge in [0, 0.05) is 36.4 Å². The summed E-state index contributed by atoms with van der Waals surface area (Å²) in [6.45, 7) is 3.19. The van der Waals surface area contributed by atoms with E-state index in [0.717, 1.165) is 37.9 Å². The normalized spacial score (nSPS) is 19.4. The van der Waals surface area contributed by atoms with Crippen LogP contribution in [0.1, 0.15) is 38.2 Å². The Balaban J connectivity index is 1.61. The molecule has 0 unspecified atom stereocenters. The summed E-state index contributed by atoms with van der Waals surface area (Å²) in [4.78, 5) is 13.9. The quantitative estimate of drug-likeness (QED) is 0.316. The van der Waals surface area contributed by atoms with Crippen LogP contribution in [-0.2, 0) is 13.1 Å². The molecule has 2 heterocycles. The topological polar surface area (TPSA) is 140 Å². The number of nitrogens with zero attached hydrogens (tertiary/aromatic N) is 4. The van der Waals surface area contributed by atoms with Crippen LogP contribution in [0.25, 0.3) is 11.2 Å². The molecule has 2 aromatic heterocycles. The molecule has 3 aromatic rings. The molecule has 0 bridgehead atoms. The first kappa shape index (κ1) is 19.3. The van der Waals surface area contributed by atoms with Crippen molar-refractivity contribution >= 4 is 28.6 Å². The fraction of sp³-hybridized carbons (Fsp3) is 0.450. The van der Waals surface area contributed by atoms with Gasteiger partial charge in [-0.3, -0.25) is 0 Å². The number of aryl methyl sites for hydroxylation is 1. The molecule has 1 fully saturated rings. The first-order valence-corrected chi connectivity index (χ1v) is 10.1. The molecule has 29 heavy (non-hydrogen) atoms. The van der Waals surface area contributed by atoms with E-state index in [2.05, 4.69) is 27.5 Å². The fourth-order valence-electron chi connectivity index (χ4n) is 3.74. The van der Waals surface area contributed by atoms with Crippen LogP contribution < -0.4 is 22.1 Å². The van der Waals surface area contributed by atoms with Crippen molar-refractivity contribution in [3.05, 3.63) is 30.1 Å². The molecule has 9 nitrogen and oxygen atoms in total. The van der Waals surface area contributed by atoms with E-state index in [1.165, 1.54) is 0 Å². The van der Waals surface area contributed by atoms with Crippen LogP contribution in [0.5, 0.6) is 5.75 Å². The number of nitrogens with one attached hydrogen (secondary N) is 2. The molecule has 9 heteroatoms. The smallest absolute Gasteiger partial charge is 0.227 e. The van der Waals surface area contributed by atoms with Crippen molar-refractivity contribution in [2.75, 3.05) is 16.4 Å². The van der Waals surface area contributed by atoms with Crippen LogP contribution in [0.15, 0.2) is 24.5 Å². The zero-order chi connectivity index (χ0) is 20.4. The van der Waals surface area contributed by atoms with Gasteiger partial charge in [0.1, 0.15) is 5.75 Å². The highest BCUT2D eigenvalue weighted by Crippen LogP contribution is 2.26. The Labute approximate surface area is 169 Å². The molecule has 0 atom stereocenters. The number of rotatable bonds is 6. The lowest BCUT2D eigenvalue weighted by molar-refractivity contribution is 0.410. The van der Waals surface area contributed by atoms with Gasteiger partial charge in [-0.1, -0.05) is 0 Å². The summed E-state index contributed by atoms with van der Waals surface area (Å²) in [5.41, 5.74) is 14.6. The lowest BCUT2D eigenvalue weighted by atomic mass is 9.92. The van der Waals surface area contributed by atoms with Gasteiger partial charge in [0.25, 0.3) is 0 Å². The Hall–Kier alpha value is -3.07. The van der Waals surface area contributed by atoms with Crippen molar-refractivity contribution in [1.82, 2.24) is 19.5 Å². The van der Waals surface area contributed by atoms with Gasteiger partial charge in [-0.25, -0.2) is 4.98 Å². The van der Waals surface area contributed by atoms with Crippen molar-refractivity contribution < 1.29 is 5.11 Å². The largest absolute Gasteiger partial charge is 0.508 e. The van der Waals surface area contributed by atoms with Crippen molar-refractivity contribution in [2.24, 2.45) is 5.73 Å². The van der Waals surface area contributed by atoms with Gasteiger partial charge in [0.15, 0.2) is 17.0 Å². The first-order chi connectivity index (χ1) is 14.0. The van der Waals surface area contributed by atoms with E-state index in [1.807, 2.05) is 4.57 Å². The van der Waals surface area contributed by atoms with Gasteiger partial charge in [0.2, 0.25) is 5.95 Å². The van der Waals surface area contributed by atoms with Crippen molar-refractivity contribution in [3.8, 4) is 5.75 Å². The second-order valence-electron chi connectivity index (χ2n) is 7.60. The maximum atomic E-state index is 10.1. The van der Waals surface area contributed by atoms with Crippen LogP contribution in [0, 0.1) is 0 Å². The highest BCUT2D eigenvalue weighted by Gasteiger charge is 2.20. The van der Waals surface area contributed by atoms with E-state index in [0.29, 0.717) is 47.2 Å². The molecule has 0 saturated heterocycles. The van der Waals surface area contributed by atoms with Crippen molar-refractivity contribution in [3.63, 3.8) is 0 Å². The van der Waals surface area contributed by atoms with Crippen LogP contribution in [0.3, 0.4) is 0 Å². The third-order valence-corrected chi connectivity index (χ3v) is 5.46. The molecule has 0 radical (unpaired) electrons. The molecule has 7 N–H and O–H groups in total. The Bertz CT molecular complexity index is 994. The maximum absolute atomic E-state index is 10.1. The van der Waals surface area contributed by atoms with E-state index in [-0.39, 0.29) is 5.75 Å². The number of hydrogen-bond acceptors (Lipinski definition) is 8. The lowest BCUT2D eigenvalue weighted by Crippen LogP contribution is -2.33. The van der Waals surface area contributed by atoms with E-state index in [9.17, 15) is 5.11 Å². The van der Waals surface area contributed by atoms with Crippen molar-refractivity contribution in [1.29, 1.82) is 0 Å². The highest BCUT2D eigenvalue weighted by atomic mass is 16.3.